The Bertz CT molecular complexity index is 926. The molecule has 3 aromatic rings. The standard InChI is InChI=1S/C21H25FN4O.HI/c1-23-21(24-11-9-15-5-3-4-6-20(15)27-2)25-12-10-16-14-26-19-8-7-17(22)13-18(16)19;/h3-8,13-14,26H,9-12H2,1-2H3,(H2,23,24,25);1H. The molecule has 2 aromatic carbocycles. The van der Waals surface area contributed by atoms with E-state index in [2.05, 4.69) is 26.7 Å². The van der Waals surface area contributed by atoms with Crippen LogP contribution in [0.5, 0.6) is 5.75 Å². The molecule has 7 heteroatoms. The number of hydrogen-bond acceptors (Lipinski definition) is 2. The highest BCUT2D eigenvalue weighted by atomic mass is 127. The zero-order chi connectivity index (χ0) is 19.1. The fraction of sp³-hybridized carbons (Fsp3) is 0.286. The zero-order valence-electron chi connectivity index (χ0n) is 16.1. The minimum absolute atomic E-state index is 0. The number of halogens is 2. The van der Waals surface area contributed by atoms with Gasteiger partial charge in [0.25, 0.3) is 0 Å². The van der Waals surface area contributed by atoms with Crippen molar-refractivity contribution in [2.75, 3.05) is 27.2 Å². The van der Waals surface area contributed by atoms with Gasteiger partial charge in [-0.25, -0.2) is 4.39 Å². The first-order valence-electron chi connectivity index (χ1n) is 9.03. The van der Waals surface area contributed by atoms with Crippen LogP contribution in [0.1, 0.15) is 11.1 Å². The summed E-state index contributed by atoms with van der Waals surface area (Å²) in [5, 5.41) is 7.54. The quantitative estimate of drug-likeness (QED) is 0.264. The molecular weight excluding hydrogens is 470 g/mol. The Morgan fingerprint density at radius 3 is 2.50 bits per heavy atom. The predicted molar refractivity (Wildman–Crippen MR) is 123 cm³/mol. The molecule has 1 heterocycles. The Kier molecular flexibility index (Phi) is 8.56. The number of hydrogen-bond donors (Lipinski definition) is 3. The van der Waals surface area contributed by atoms with Crippen LogP contribution in [0.3, 0.4) is 0 Å². The van der Waals surface area contributed by atoms with Gasteiger partial charge in [-0.3, -0.25) is 4.99 Å². The van der Waals surface area contributed by atoms with Crippen molar-refractivity contribution in [1.29, 1.82) is 0 Å². The molecule has 3 N–H and O–H groups in total. The lowest BCUT2D eigenvalue weighted by Gasteiger charge is -2.13. The minimum Gasteiger partial charge on any atom is -0.496 e. The number of nitrogens with zero attached hydrogens (tertiary/aromatic N) is 1. The largest absolute Gasteiger partial charge is 0.496 e. The van der Waals surface area contributed by atoms with E-state index < -0.39 is 0 Å². The van der Waals surface area contributed by atoms with E-state index in [9.17, 15) is 4.39 Å². The van der Waals surface area contributed by atoms with Gasteiger partial charge in [-0.2, -0.15) is 0 Å². The van der Waals surface area contributed by atoms with Gasteiger partial charge in [0.1, 0.15) is 11.6 Å². The van der Waals surface area contributed by atoms with E-state index in [1.54, 1.807) is 26.3 Å². The van der Waals surface area contributed by atoms with Crippen LogP contribution in [0.25, 0.3) is 10.9 Å². The fourth-order valence-corrected chi connectivity index (χ4v) is 3.12. The van der Waals surface area contributed by atoms with Crippen LogP contribution in [0.15, 0.2) is 53.7 Å². The van der Waals surface area contributed by atoms with E-state index in [1.165, 1.54) is 6.07 Å². The van der Waals surface area contributed by atoms with E-state index in [1.807, 2.05) is 24.4 Å². The smallest absolute Gasteiger partial charge is 0.190 e. The zero-order valence-corrected chi connectivity index (χ0v) is 18.4. The molecule has 0 aliphatic carbocycles. The molecule has 5 nitrogen and oxygen atoms in total. The average Bonchev–Trinajstić information content (AvgIpc) is 3.09. The van der Waals surface area contributed by atoms with Crippen LogP contribution >= 0.6 is 24.0 Å². The molecule has 0 bridgehead atoms. The van der Waals surface area contributed by atoms with E-state index in [0.717, 1.165) is 53.1 Å². The average molecular weight is 496 g/mol. The predicted octanol–water partition coefficient (Wildman–Crippen LogP) is 3.88. The SMILES string of the molecule is CN=C(NCCc1ccccc1OC)NCCc1c[nH]c2ccc(F)cc12.I. The second-order valence-corrected chi connectivity index (χ2v) is 6.24. The van der Waals surface area contributed by atoms with Crippen molar-refractivity contribution >= 4 is 40.8 Å². The number of aromatic nitrogens is 1. The maximum atomic E-state index is 13.5. The summed E-state index contributed by atoms with van der Waals surface area (Å²) in [7, 11) is 3.43. The highest BCUT2D eigenvalue weighted by Gasteiger charge is 2.06. The van der Waals surface area contributed by atoms with Crippen LogP contribution in [0.2, 0.25) is 0 Å². The number of benzene rings is 2. The third-order valence-electron chi connectivity index (χ3n) is 4.52. The number of aromatic amines is 1. The number of methoxy groups -OCH3 is 1. The van der Waals surface area contributed by atoms with Crippen molar-refractivity contribution in [3.05, 3.63) is 65.6 Å². The molecule has 0 atom stereocenters. The van der Waals surface area contributed by atoms with Gasteiger partial charge in [0, 0.05) is 37.2 Å². The van der Waals surface area contributed by atoms with Crippen molar-refractivity contribution in [3.8, 4) is 5.75 Å². The second kappa shape index (κ2) is 10.9. The Balaban J connectivity index is 0.00000280. The second-order valence-electron chi connectivity index (χ2n) is 6.24. The van der Waals surface area contributed by atoms with Crippen molar-refractivity contribution < 1.29 is 9.13 Å². The number of para-hydroxylation sites is 1. The molecular formula is C21H26FIN4O. The van der Waals surface area contributed by atoms with Gasteiger partial charge in [0.05, 0.1) is 7.11 Å². The summed E-state index contributed by atoms with van der Waals surface area (Å²) in [5.41, 5.74) is 3.19. The Morgan fingerprint density at radius 2 is 1.79 bits per heavy atom. The van der Waals surface area contributed by atoms with E-state index in [-0.39, 0.29) is 29.8 Å². The summed E-state index contributed by atoms with van der Waals surface area (Å²) >= 11 is 0. The summed E-state index contributed by atoms with van der Waals surface area (Å²) < 4.78 is 18.8. The van der Waals surface area contributed by atoms with Crippen molar-refractivity contribution in [2.45, 2.75) is 12.8 Å². The van der Waals surface area contributed by atoms with Crippen LogP contribution in [-0.2, 0) is 12.8 Å². The van der Waals surface area contributed by atoms with Crippen molar-refractivity contribution in [1.82, 2.24) is 15.6 Å². The molecule has 0 amide bonds. The number of fused-ring (bicyclic) bond motifs is 1. The van der Waals surface area contributed by atoms with Gasteiger partial charge < -0.3 is 20.4 Å². The highest BCUT2D eigenvalue weighted by Crippen LogP contribution is 2.19. The first-order valence-corrected chi connectivity index (χ1v) is 9.03. The molecule has 1 aromatic heterocycles. The third kappa shape index (κ3) is 5.60. The molecule has 0 spiro atoms. The molecule has 0 unspecified atom stereocenters. The third-order valence-corrected chi connectivity index (χ3v) is 4.52. The van der Waals surface area contributed by atoms with Gasteiger partial charge >= 0.3 is 0 Å². The molecule has 28 heavy (non-hydrogen) atoms. The molecule has 0 aliphatic heterocycles. The van der Waals surface area contributed by atoms with Crippen LogP contribution in [0.4, 0.5) is 4.39 Å². The summed E-state index contributed by atoms with van der Waals surface area (Å²) in [5.74, 6) is 1.43. The van der Waals surface area contributed by atoms with E-state index in [0.29, 0.717) is 6.54 Å². The first-order chi connectivity index (χ1) is 13.2. The minimum atomic E-state index is -0.217. The number of nitrogens with one attached hydrogen (secondary N) is 3. The van der Waals surface area contributed by atoms with Gasteiger partial charge in [0.2, 0.25) is 0 Å². The molecule has 3 rings (SSSR count). The van der Waals surface area contributed by atoms with Gasteiger partial charge in [-0.15, -0.1) is 24.0 Å². The maximum absolute atomic E-state index is 13.5. The Hall–Kier alpha value is -2.29. The fourth-order valence-electron chi connectivity index (χ4n) is 3.12. The Labute approximate surface area is 181 Å². The number of ether oxygens (including phenoxy) is 1. The molecule has 0 radical (unpaired) electrons. The monoisotopic (exact) mass is 496 g/mol. The lowest BCUT2D eigenvalue weighted by atomic mass is 10.1. The van der Waals surface area contributed by atoms with Crippen molar-refractivity contribution in [3.63, 3.8) is 0 Å². The topological polar surface area (TPSA) is 61.4 Å². The van der Waals surface area contributed by atoms with Crippen LogP contribution in [-0.4, -0.2) is 38.2 Å². The molecule has 0 saturated carbocycles. The summed E-state index contributed by atoms with van der Waals surface area (Å²) in [6, 6.07) is 12.8. The summed E-state index contributed by atoms with van der Waals surface area (Å²) in [6.45, 7) is 1.45. The normalized spacial score (nSPS) is 11.2. The van der Waals surface area contributed by atoms with Gasteiger partial charge in [0.15, 0.2) is 5.96 Å². The molecule has 0 fully saturated rings. The van der Waals surface area contributed by atoms with Crippen LogP contribution in [0, 0.1) is 5.82 Å². The number of H-pyrrole nitrogens is 1. The molecule has 150 valence electrons. The Morgan fingerprint density at radius 1 is 1.07 bits per heavy atom. The summed E-state index contributed by atoms with van der Waals surface area (Å²) in [6.07, 6.45) is 3.55. The first kappa shape index (κ1) is 22.0. The lowest BCUT2D eigenvalue weighted by molar-refractivity contribution is 0.409. The maximum Gasteiger partial charge on any atom is 0.190 e. The summed E-state index contributed by atoms with van der Waals surface area (Å²) in [4.78, 5) is 7.43. The number of aliphatic imine (C=N–C) groups is 1. The van der Waals surface area contributed by atoms with E-state index >= 15 is 0 Å². The van der Waals surface area contributed by atoms with Gasteiger partial charge in [-0.05, 0) is 48.2 Å². The van der Waals surface area contributed by atoms with Gasteiger partial charge in [-0.1, -0.05) is 18.2 Å². The molecule has 0 aliphatic rings. The lowest BCUT2D eigenvalue weighted by Crippen LogP contribution is -2.39. The van der Waals surface area contributed by atoms with E-state index in [4.69, 9.17) is 4.74 Å². The number of rotatable bonds is 7. The molecule has 0 saturated heterocycles. The van der Waals surface area contributed by atoms with Crippen molar-refractivity contribution in [2.24, 2.45) is 4.99 Å². The van der Waals surface area contributed by atoms with Crippen LogP contribution < -0.4 is 15.4 Å². The number of guanidine groups is 1. The highest BCUT2D eigenvalue weighted by molar-refractivity contribution is 14.0.